The Labute approximate surface area is 103 Å². The van der Waals surface area contributed by atoms with Gasteiger partial charge in [0.1, 0.15) is 0 Å². The van der Waals surface area contributed by atoms with Gasteiger partial charge < -0.3 is 9.73 Å². The van der Waals surface area contributed by atoms with E-state index in [0.29, 0.717) is 5.92 Å². The summed E-state index contributed by atoms with van der Waals surface area (Å²) in [6.45, 7) is 3.10. The van der Waals surface area contributed by atoms with Gasteiger partial charge in [0, 0.05) is 12.5 Å². The number of rotatable bonds is 5. The molecule has 0 saturated carbocycles. The van der Waals surface area contributed by atoms with Gasteiger partial charge in [-0.25, -0.2) is 0 Å². The first-order valence-corrected chi connectivity index (χ1v) is 6.02. The molecule has 1 aromatic heterocycles. The highest BCUT2D eigenvalue weighted by atomic mass is 16.3. The molecule has 0 aliphatic carbocycles. The molecule has 2 heteroatoms. The Bertz CT molecular complexity index is 430. The maximum absolute atomic E-state index is 5.13. The lowest BCUT2D eigenvalue weighted by Gasteiger charge is -2.16. The van der Waals surface area contributed by atoms with E-state index >= 15 is 0 Å². The van der Waals surface area contributed by atoms with Crippen LogP contribution in [0.25, 0.3) is 0 Å². The minimum Gasteiger partial charge on any atom is -0.472 e. The molecule has 0 spiro atoms. The fourth-order valence-electron chi connectivity index (χ4n) is 2.09. The van der Waals surface area contributed by atoms with Crippen LogP contribution >= 0.6 is 0 Å². The van der Waals surface area contributed by atoms with Crippen molar-refractivity contribution < 1.29 is 4.42 Å². The summed E-state index contributed by atoms with van der Waals surface area (Å²) in [5.41, 5.74) is 3.94. The molecule has 2 rings (SSSR count). The third-order valence-corrected chi connectivity index (χ3v) is 3.06. The monoisotopic (exact) mass is 229 g/mol. The van der Waals surface area contributed by atoms with Gasteiger partial charge in [0.2, 0.25) is 0 Å². The summed E-state index contributed by atoms with van der Waals surface area (Å²) in [6, 6.07) is 10.8. The van der Waals surface area contributed by atoms with Gasteiger partial charge in [-0.05, 0) is 37.6 Å². The third-order valence-electron chi connectivity index (χ3n) is 3.06. The molecule has 90 valence electrons. The van der Waals surface area contributed by atoms with E-state index in [-0.39, 0.29) is 0 Å². The average molecular weight is 229 g/mol. The van der Waals surface area contributed by atoms with Crippen molar-refractivity contribution in [3.8, 4) is 0 Å². The molecule has 0 fully saturated rings. The van der Waals surface area contributed by atoms with Crippen LogP contribution < -0.4 is 5.32 Å². The first-order valence-electron chi connectivity index (χ1n) is 6.02. The highest BCUT2D eigenvalue weighted by Crippen LogP contribution is 2.21. The van der Waals surface area contributed by atoms with Gasteiger partial charge in [0.05, 0.1) is 12.5 Å². The largest absolute Gasteiger partial charge is 0.472 e. The van der Waals surface area contributed by atoms with Crippen molar-refractivity contribution in [3.63, 3.8) is 0 Å². The summed E-state index contributed by atoms with van der Waals surface area (Å²) < 4.78 is 5.13. The molecule has 0 radical (unpaired) electrons. The van der Waals surface area contributed by atoms with Crippen molar-refractivity contribution >= 4 is 0 Å². The Hall–Kier alpha value is -1.54. The van der Waals surface area contributed by atoms with E-state index in [0.717, 1.165) is 13.0 Å². The van der Waals surface area contributed by atoms with Gasteiger partial charge in [-0.3, -0.25) is 0 Å². The molecule has 2 nitrogen and oxygen atoms in total. The van der Waals surface area contributed by atoms with Crippen LogP contribution in [0, 0.1) is 6.92 Å². The summed E-state index contributed by atoms with van der Waals surface area (Å²) in [5.74, 6) is 0.498. The summed E-state index contributed by atoms with van der Waals surface area (Å²) in [6.07, 6.45) is 4.58. The Morgan fingerprint density at radius 2 is 1.94 bits per heavy atom. The molecule has 1 heterocycles. The maximum Gasteiger partial charge on any atom is 0.0934 e. The van der Waals surface area contributed by atoms with Crippen LogP contribution in [0.3, 0.4) is 0 Å². The van der Waals surface area contributed by atoms with Gasteiger partial charge in [-0.2, -0.15) is 0 Å². The van der Waals surface area contributed by atoms with Crippen molar-refractivity contribution in [1.82, 2.24) is 5.32 Å². The number of nitrogens with one attached hydrogen (secondary N) is 1. The van der Waals surface area contributed by atoms with Gasteiger partial charge in [-0.1, -0.05) is 29.8 Å². The smallest absolute Gasteiger partial charge is 0.0934 e. The summed E-state index contributed by atoms with van der Waals surface area (Å²) in [4.78, 5) is 0. The maximum atomic E-state index is 5.13. The molecule has 0 amide bonds. The molecule has 1 aromatic carbocycles. The standard InChI is InChI=1S/C15H19NO/c1-12-3-5-14(6-4-12)15(10-16-2)9-13-7-8-17-11-13/h3-8,11,15-16H,9-10H2,1-2H3. The van der Waals surface area contributed by atoms with Crippen molar-refractivity contribution in [2.75, 3.05) is 13.6 Å². The summed E-state index contributed by atoms with van der Waals surface area (Å²) in [7, 11) is 2.00. The minimum atomic E-state index is 0.498. The molecule has 0 aliphatic rings. The zero-order chi connectivity index (χ0) is 12.1. The Morgan fingerprint density at radius 1 is 1.18 bits per heavy atom. The van der Waals surface area contributed by atoms with Gasteiger partial charge in [0.25, 0.3) is 0 Å². The second-order valence-electron chi connectivity index (χ2n) is 4.50. The number of furan rings is 1. The molecular formula is C15H19NO. The fraction of sp³-hybridized carbons (Fsp3) is 0.333. The Kier molecular flexibility index (Phi) is 3.99. The number of benzene rings is 1. The van der Waals surface area contributed by atoms with Crippen molar-refractivity contribution in [1.29, 1.82) is 0 Å². The molecule has 1 unspecified atom stereocenters. The van der Waals surface area contributed by atoms with Crippen LogP contribution in [-0.2, 0) is 6.42 Å². The highest BCUT2D eigenvalue weighted by molar-refractivity contribution is 5.26. The van der Waals surface area contributed by atoms with Crippen LogP contribution in [0.1, 0.15) is 22.6 Å². The topological polar surface area (TPSA) is 25.2 Å². The highest BCUT2D eigenvalue weighted by Gasteiger charge is 2.12. The SMILES string of the molecule is CNCC(Cc1ccoc1)c1ccc(C)cc1. The van der Waals surface area contributed by atoms with Crippen LogP contribution in [-0.4, -0.2) is 13.6 Å². The molecule has 0 aliphatic heterocycles. The molecule has 0 saturated heterocycles. The summed E-state index contributed by atoms with van der Waals surface area (Å²) in [5, 5.41) is 3.26. The average Bonchev–Trinajstić information content (AvgIpc) is 2.82. The van der Waals surface area contributed by atoms with E-state index in [1.54, 1.807) is 6.26 Å². The number of likely N-dealkylation sites (N-methyl/N-ethyl adjacent to an activating group) is 1. The van der Waals surface area contributed by atoms with Crippen LogP contribution in [0.5, 0.6) is 0 Å². The van der Waals surface area contributed by atoms with E-state index in [1.165, 1.54) is 16.7 Å². The lowest BCUT2D eigenvalue weighted by molar-refractivity contribution is 0.558. The van der Waals surface area contributed by atoms with E-state index in [9.17, 15) is 0 Å². The minimum absolute atomic E-state index is 0.498. The zero-order valence-corrected chi connectivity index (χ0v) is 10.4. The molecule has 17 heavy (non-hydrogen) atoms. The van der Waals surface area contributed by atoms with E-state index in [4.69, 9.17) is 4.42 Å². The molecule has 2 aromatic rings. The van der Waals surface area contributed by atoms with Crippen LogP contribution in [0.15, 0.2) is 47.3 Å². The second kappa shape index (κ2) is 5.69. The van der Waals surface area contributed by atoms with Crippen molar-refractivity contribution in [2.45, 2.75) is 19.3 Å². The number of aryl methyl sites for hydroxylation is 1. The first kappa shape index (κ1) is 11.9. The molecule has 0 bridgehead atoms. The predicted octanol–water partition coefficient (Wildman–Crippen LogP) is 3.13. The molecule has 1 N–H and O–H groups in total. The molecular weight excluding hydrogens is 210 g/mol. The van der Waals surface area contributed by atoms with Crippen LogP contribution in [0.4, 0.5) is 0 Å². The lowest BCUT2D eigenvalue weighted by atomic mass is 9.92. The van der Waals surface area contributed by atoms with E-state index < -0.39 is 0 Å². The number of hydrogen-bond acceptors (Lipinski definition) is 2. The number of hydrogen-bond donors (Lipinski definition) is 1. The Balaban J connectivity index is 2.13. The Morgan fingerprint density at radius 3 is 2.53 bits per heavy atom. The fourth-order valence-corrected chi connectivity index (χ4v) is 2.09. The van der Waals surface area contributed by atoms with Gasteiger partial charge in [0.15, 0.2) is 0 Å². The van der Waals surface area contributed by atoms with Gasteiger partial charge >= 0.3 is 0 Å². The van der Waals surface area contributed by atoms with E-state index in [2.05, 4.69) is 36.5 Å². The normalized spacial score (nSPS) is 12.6. The summed E-state index contributed by atoms with van der Waals surface area (Å²) >= 11 is 0. The molecule has 1 atom stereocenters. The van der Waals surface area contributed by atoms with E-state index in [1.807, 2.05) is 19.4 Å². The quantitative estimate of drug-likeness (QED) is 0.852. The van der Waals surface area contributed by atoms with Crippen molar-refractivity contribution in [2.24, 2.45) is 0 Å². The lowest BCUT2D eigenvalue weighted by Crippen LogP contribution is -2.19. The predicted molar refractivity (Wildman–Crippen MR) is 70.3 cm³/mol. The first-order chi connectivity index (χ1) is 8.29. The second-order valence-corrected chi connectivity index (χ2v) is 4.50. The van der Waals surface area contributed by atoms with Crippen molar-refractivity contribution in [3.05, 3.63) is 59.5 Å². The third kappa shape index (κ3) is 3.21. The zero-order valence-electron chi connectivity index (χ0n) is 10.4. The van der Waals surface area contributed by atoms with Crippen LogP contribution in [0.2, 0.25) is 0 Å². The van der Waals surface area contributed by atoms with Gasteiger partial charge in [-0.15, -0.1) is 0 Å².